The van der Waals surface area contributed by atoms with Crippen LogP contribution in [0.1, 0.15) is 18.2 Å². The molecule has 0 aliphatic rings. The lowest BCUT2D eigenvalue weighted by Crippen LogP contribution is -2.30. The summed E-state index contributed by atoms with van der Waals surface area (Å²) in [6.45, 7) is 3.99. The molecule has 0 aliphatic heterocycles. The van der Waals surface area contributed by atoms with E-state index in [4.69, 9.17) is 16.0 Å². The summed E-state index contributed by atoms with van der Waals surface area (Å²) in [6.07, 6.45) is 1.56. The van der Waals surface area contributed by atoms with Crippen LogP contribution in [0.4, 0.5) is 0 Å². The van der Waals surface area contributed by atoms with Crippen molar-refractivity contribution in [2.45, 2.75) is 30.7 Å². The molecule has 1 atom stereocenters. The summed E-state index contributed by atoms with van der Waals surface area (Å²) in [5.74, 6) is 0.540. The van der Waals surface area contributed by atoms with Crippen LogP contribution in [-0.2, 0) is 11.3 Å². The number of carbonyl (C=O) groups is 1. The quantitative estimate of drug-likeness (QED) is 0.636. The molecule has 1 aromatic carbocycles. The van der Waals surface area contributed by atoms with Gasteiger partial charge in [-0.3, -0.25) is 9.59 Å². The number of halogens is 1. The fraction of sp³-hybridized carbons (Fsp3) is 0.211. The van der Waals surface area contributed by atoms with Crippen molar-refractivity contribution in [1.29, 1.82) is 0 Å². The predicted molar refractivity (Wildman–Crippen MR) is 105 cm³/mol. The zero-order chi connectivity index (χ0) is 19.4. The Morgan fingerprint density at radius 3 is 2.85 bits per heavy atom. The van der Waals surface area contributed by atoms with Crippen molar-refractivity contribution >= 4 is 29.3 Å². The second-order valence-electron chi connectivity index (χ2n) is 5.91. The van der Waals surface area contributed by atoms with E-state index >= 15 is 0 Å². The molecule has 2 heterocycles. The van der Waals surface area contributed by atoms with Crippen molar-refractivity contribution in [3.63, 3.8) is 0 Å². The molecule has 0 bridgehead atoms. The van der Waals surface area contributed by atoms with Crippen LogP contribution >= 0.6 is 23.4 Å². The first kappa shape index (κ1) is 19.3. The molecule has 27 heavy (non-hydrogen) atoms. The number of benzene rings is 1. The van der Waals surface area contributed by atoms with Gasteiger partial charge >= 0.3 is 0 Å². The van der Waals surface area contributed by atoms with Gasteiger partial charge in [-0.05, 0) is 49.7 Å². The Hall–Kier alpha value is -2.51. The number of nitrogens with one attached hydrogen (secondary N) is 1. The number of furan rings is 1. The second-order valence-corrected chi connectivity index (χ2v) is 7.68. The normalized spacial score (nSPS) is 12.0. The molecule has 0 aliphatic carbocycles. The van der Waals surface area contributed by atoms with E-state index in [0.717, 1.165) is 5.56 Å². The van der Waals surface area contributed by atoms with E-state index in [9.17, 15) is 9.59 Å². The third kappa shape index (κ3) is 4.81. The minimum absolute atomic E-state index is 0.144. The molecule has 6 nitrogen and oxygen atoms in total. The highest BCUT2D eigenvalue weighted by atomic mass is 35.5. The van der Waals surface area contributed by atoms with Crippen molar-refractivity contribution in [1.82, 2.24) is 15.1 Å². The van der Waals surface area contributed by atoms with Gasteiger partial charge in [0.05, 0.1) is 23.7 Å². The average Bonchev–Trinajstić information content (AvgIpc) is 3.17. The summed E-state index contributed by atoms with van der Waals surface area (Å²) >= 11 is 7.42. The largest absolute Gasteiger partial charge is 0.467 e. The maximum Gasteiger partial charge on any atom is 0.271 e. The molecule has 1 N–H and O–H groups in total. The van der Waals surface area contributed by atoms with Gasteiger partial charge in [-0.15, -0.1) is 0 Å². The Morgan fingerprint density at radius 2 is 2.15 bits per heavy atom. The highest BCUT2D eigenvalue weighted by Gasteiger charge is 2.16. The van der Waals surface area contributed by atoms with Crippen LogP contribution in [0.3, 0.4) is 0 Å². The van der Waals surface area contributed by atoms with Gasteiger partial charge in [0.1, 0.15) is 10.8 Å². The van der Waals surface area contributed by atoms with Gasteiger partial charge < -0.3 is 9.73 Å². The second kappa shape index (κ2) is 8.45. The van der Waals surface area contributed by atoms with E-state index in [1.807, 2.05) is 13.0 Å². The zero-order valence-corrected chi connectivity index (χ0v) is 16.4. The molecule has 2 aromatic heterocycles. The molecule has 0 saturated heterocycles. The lowest BCUT2D eigenvalue weighted by molar-refractivity contribution is -0.120. The summed E-state index contributed by atoms with van der Waals surface area (Å²) < 4.78 is 6.47. The monoisotopic (exact) mass is 403 g/mol. The molecule has 0 spiro atoms. The Balaban J connectivity index is 1.72. The summed E-state index contributed by atoms with van der Waals surface area (Å²) in [5.41, 5.74) is 1.23. The molecule has 1 unspecified atom stereocenters. The molecule has 3 rings (SSSR count). The van der Waals surface area contributed by atoms with Crippen molar-refractivity contribution in [3.8, 4) is 5.69 Å². The van der Waals surface area contributed by atoms with Crippen molar-refractivity contribution < 1.29 is 9.21 Å². The molecule has 3 aromatic rings. The van der Waals surface area contributed by atoms with E-state index in [1.54, 1.807) is 43.5 Å². The van der Waals surface area contributed by atoms with Crippen LogP contribution in [0, 0.1) is 6.92 Å². The van der Waals surface area contributed by atoms with Crippen LogP contribution < -0.4 is 10.9 Å². The lowest BCUT2D eigenvalue weighted by atomic mass is 10.2. The van der Waals surface area contributed by atoms with E-state index in [1.165, 1.54) is 22.5 Å². The zero-order valence-electron chi connectivity index (χ0n) is 14.8. The van der Waals surface area contributed by atoms with Gasteiger partial charge in [-0.2, -0.15) is 9.78 Å². The number of hydrogen-bond acceptors (Lipinski definition) is 5. The first-order chi connectivity index (χ1) is 12.9. The number of carbonyl (C=O) groups excluding carboxylic acids is 1. The number of amides is 1. The van der Waals surface area contributed by atoms with Gasteiger partial charge in [0, 0.05) is 11.1 Å². The number of nitrogens with zero attached hydrogens (tertiary/aromatic N) is 2. The van der Waals surface area contributed by atoms with Gasteiger partial charge in [0.2, 0.25) is 5.91 Å². The number of hydrogen-bond donors (Lipinski definition) is 1. The van der Waals surface area contributed by atoms with E-state index in [2.05, 4.69) is 10.4 Å². The van der Waals surface area contributed by atoms with Crippen molar-refractivity contribution in [3.05, 3.63) is 75.4 Å². The third-order valence-electron chi connectivity index (χ3n) is 3.86. The van der Waals surface area contributed by atoms with Crippen LogP contribution in [-0.4, -0.2) is 20.9 Å². The van der Waals surface area contributed by atoms with Crippen LogP contribution in [0.15, 0.2) is 63.0 Å². The van der Waals surface area contributed by atoms with Crippen LogP contribution in [0.25, 0.3) is 5.69 Å². The minimum Gasteiger partial charge on any atom is -0.467 e. The van der Waals surface area contributed by atoms with E-state index in [-0.39, 0.29) is 16.7 Å². The standard InChI is InChI=1S/C19H18ClN3O3S/c1-12-5-6-14(10-16(12)20)23-18(24)8-7-17(22-23)27-13(2)19(25)21-11-15-4-3-9-26-15/h3-10,13H,11H2,1-2H3,(H,21,25). The van der Waals surface area contributed by atoms with Crippen molar-refractivity contribution in [2.75, 3.05) is 0 Å². The summed E-state index contributed by atoms with van der Waals surface area (Å²) in [5, 5.41) is 7.90. The molecule has 0 radical (unpaired) electrons. The number of aryl methyl sites for hydroxylation is 1. The first-order valence-corrected chi connectivity index (χ1v) is 9.53. The third-order valence-corrected chi connectivity index (χ3v) is 5.29. The maximum atomic E-state index is 12.3. The van der Waals surface area contributed by atoms with Crippen LogP contribution in [0.5, 0.6) is 0 Å². The summed E-state index contributed by atoms with van der Waals surface area (Å²) in [6, 6.07) is 11.9. The van der Waals surface area contributed by atoms with Crippen molar-refractivity contribution in [2.24, 2.45) is 0 Å². The SMILES string of the molecule is Cc1ccc(-n2nc(SC(C)C(=O)NCc3ccco3)ccc2=O)cc1Cl. The molecule has 8 heteroatoms. The Bertz CT molecular complexity index is 1000. The maximum absolute atomic E-state index is 12.3. The molecule has 0 saturated carbocycles. The van der Waals surface area contributed by atoms with Gasteiger partial charge in [-0.25, -0.2) is 0 Å². The predicted octanol–water partition coefficient (Wildman–Crippen LogP) is 3.58. The Kier molecular flexibility index (Phi) is 6.03. The van der Waals surface area contributed by atoms with E-state index in [0.29, 0.717) is 28.0 Å². The summed E-state index contributed by atoms with van der Waals surface area (Å²) in [7, 11) is 0. The molecule has 0 fully saturated rings. The Morgan fingerprint density at radius 1 is 1.33 bits per heavy atom. The molecule has 1 amide bonds. The van der Waals surface area contributed by atoms with Gasteiger partial charge in [0.15, 0.2) is 0 Å². The molecular formula is C19H18ClN3O3S. The summed E-state index contributed by atoms with van der Waals surface area (Å²) in [4.78, 5) is 24.4. The number of thioether (sulfide) groups is 1. The Labute approximate surface area is 165 Å². The van der Waals surface area contributed by atoms with Gasteiger partial charge in [0.25, 0.3) is 5.56 Å². The first-order valence-electron chi connectivity index (χ1n) is 8.27. The smallest absolute Gasteiger partial charge is 0.271 e. The highest BCUT2D eigenvalue weighted by molar-refractivity contribution is 8.00. The molecule has 140 valence electrons. The average molecular weight is 404 g/mol. The van der Waals surface area contributed by atoms with Crippen LogP contribution in [0.2, 0.25) is 5.02 Å². The van der Waals surface area contributed by atoms with Gasteiger partial charge in [-0.1, -0.05) is 29.4 Å². The topological polar surface area (TPSA) is 77.1 Å². The highest BCUT2D eigenvalue weighted by Crippen LogP contribution is 2.22. The fourth-order valence-corrected chi connectivity index (χ4v) is 3.32. The number of aromatic nitrogens is 2. The van der Waals surface area contributed by atoms with E-state index < -0.39 is 0 Å². The number of rotatable bonds is 6. The molecular weight excluding hydrogens is 386 g/mol. The lowest BCUT2D eigenvalue weighted by Gasteiger charge is -2.12. The minimum atomic E-state index is -0.389. The fourth-order valence-electron chi connectivity index (χ4n) is 2.32.